The van der Waals surface area contributed by atoms with E-state index in [2.05, 4.69) is 74.8 Å². The second-order valence-electron chi connectivity index (χ2n) is 11.2. The Balaban J connectivity index is 0.990. The summed E-state index contributed by atoms with van der Waals surface area (Å²) in [7, 11) is 0. The average Bonchev–Trinajstić information content (AvgIpc) is 3.57. The van der Waals surface area contributed by atoms with Crippen molar-refractivity contribution in [2.45, 2.75) is 38.1 Å². The summed E-state index contributed by atoms with van der Waals surface area (Å²) in [6.45, 7) is 4.77. The molecule has 1 saturated carbocycles. The predicted molar refractivity (Wildman–Crippen MR) is 156 cm³/mol. The Bertz CT molecular complexity index is 1850. The number of hydrogen-bond acceptors (Lipinski definition) is 7. The van der Waals surface area contributed by atoms with Gasteiger partial charge in [0.05, 0.1) is 5.69 Å². The molecule has 4 aromatic heterocycles. The van der Waals surface area contributed by atoms with Crippen LogP contribution in [0.4, 0.5) is 0 Å². The second kappa shape index (κ2) is 9.71. The van der Waals surface area contributed by atoms with E-state index in [1.54, 1.807) is 0 Å². The smallest absolute Gasteiger partial charge is 0.253 e. The molecule has 2 aromatic carbocycles. The summed E-state index contributed by atoms with van der Waals surface area (Å²) in [6.07, 6.45) is 4.40. The molecule has 1 saturated heterocycles. The van der Waals surface area contributed by atoms with Crippen LogP contribution in [0.2, 0.25) is 0 Å². The van der Waals surface area contributed by atoms with Crippen molar-refractivity contribution in [1.82, 2.24) is 44.6 Å². The molecule has 9 nitrogen and oxygen atoms in total. The standard InChI is InChI=1S/C32H29N9/c1-20-6-5-9-27(33-20)31-35-29(37-38-31)25-17-40(18-25)16-21-10-12-23(13-11-21)28-26(22-7-3-2-4-8-22)19-41-32(34-28)36-30(39-41)24-14-15-24/h2-13,19,24-25H,14-18H2,1H3,(H,35,37,38). The van der Waals surface area contributed by atoms with Gasteiger partial charge in [-0.05, 0) is 43.0 Å². The van der Waals surface area contributed by atoms with Gasteiger partial charge in [0.2, 0.25) is 0 Å². The summed E-state index contributed by atoms with van der Waals surface area (Å²) in [4.78, 5) is 21.4. The Morgan fingerprint density at radius 1 is 0.805 bits per heavy atom. The summed E-state index contributed by atoms with van der Waals surface area (Å²) >= 11 is 0. The SMILES string of the molecule is Cc1cccc(-c2n[nH]c(C3CN(Cc4ccc(-c5nc6nc(C7CC7)nn6cc5-c5ccccc5)cc4)C3)n2)n1. The molecule has 9 heteroatoms. The van der Waals surface area contributed by atoms with E-state index in [0.29, 0.717) is 23.4 Å². The lowest BCUT2D eigenvalue weighted by Gasteiger charge is -2.38. The molecule has 2 fully saturated rings. The molecule has 0 amide bonds. The molecular formula is C32H29N9. The lowest BCUT2D eigenvalue weighted by Crippen LogP contribution is -2.44. The molecule has 0 radical (unpaired) electrons. The zero-order valence-electron chi connectivity index (χ0n) is 22.8. The lowest BCUT2D eigenvalue weighted by molar-refractivity contribution is 0.135. The van der Waals surface area contributed by atoms with E-state index >= 15 is 0 Å². The van der Waals surface area contributed by atoms with Crippen molar-refractivity contribution in [3.8, 4) is 33.9 Å². The van der Waals surface area contributed by atoms with Gasteiger partial charge in [-0.3, -0.25) is 10.00 Å². The molecule has 41 heavy (non-hydrogen) atoms. The van der Waals surface area contributed by atoms with E-state index in [1.165, 1.54) is 18.4 Å². The van der Waals surface area contributed by atoms with Crippen molar-refractivity contribution < 1.29 is 0 Å². The van der Waals surface area contributed by atoms with Crippen molar-refractivity contribution in [1.29, 1.82) is 0 Å². The van der Waals surface area contributed by atoms with Crippen LogP contribution in [0, 0.1) is 6.92 Å². The van der Waals surface area contributed by atoms with Crippen molar-refractivity contribution in [2.75, 3.05) is 13.1 Å². The number of nitrogens with one attached hydrogen (secondary N) is 1. The van der Waals surface area contributed by atoms with Crippen LogP contribution >= 0.6 is 0 Å². The number of H-pyrrole nitrogens is 1. The van der Waals surface area contributed by atoms with Crippen LogP contribution < -0.4 is 0 Å². The van der Waals surface area contributed by atoms with Crippen LogP contribution in [-0.4, -0.2) is 57.7 Å². The van der Waals surface area contributed by atoms with Gasteiger partial charge in [0, 0.05) is 54.5 Å². The van der Waals surface area contributed by atoms with Crippen molar-refractivity contribution in [2.24, 2.45) is 0 Å². The highest BCUT2D eigenvalue weighted by Gasteiger charge is 2.31. The Kier molecular flexibility index (Phi) is 5.70. The van der Waals surface area contributed by atoms with E-state index in [9.17, 15) is 0 Å². The van der Waals surface area contributed by atoms with Crippen LogP contribution in [0.25, 0.3) is 39.7 Å². The highest BCUT2D eigenvalue weighted by Crippen LogP contribution is 2.39. The lowest BCUT2D eigenvalue weighted by atomic mass is 9.97. The number of aryl methyl sites for hydroxylation is 1. The molecule has 2 aliphatic rings. The molecule has 0 spiro atoms. The molecule has 0 atom stereocenters. The van der Waals surface area contributed by atoms with Crippen molar-refractivity contribution in [3.05, 3.63) is 102 Å². The minimum Gasteiger partial charge on any atom is -0.298 e. The number of hydrogen-bond donors (Lipinski definition) is 1. The first-order chi connectivity index (χ1) is 20.2. The van der Waals surface area contributed by atoms with E-state index in [1.807, 2.05) is 35.7 Å². The van der Waals surface area contributed by atoms with Crippen molar-refractivity contribution >= 4 is 5.78 Å². The normalized spacial score (nSPS) is 15.8. The number of aromatic nitrogens is 8. The van der Waals surface area contributed by atoms with Gasteiger partial charge in [-0.2, -0.15) is 10.1 Å². The number of rotatable bonds is 7. The highest BCUT2D eigenvalue weighted by atomic mass is 15.3. The molecule has 8 rings (SSSR count). The maximum absolute atomic E-state index is 5.00. The highest BCUT2D eigenvalue weighted by molar-refractivity contribution is 5.81. The predicted octanol–water partition coefficient (Wildman–Crippen LogP) is 5.42. The third-order valence-electron chi connectivity index (χ3n) is 7.97. The van der Waals surface area contributed by atoms with Crippen LogP contribution in [-0.2, 0) is 6.54 Å². The average molecular weight is 540 g/mol. The summed E-state index contributed by atoms with van der Waals surface area (Å²) in [5.41, 5.74) is 7.21. The second-order valence-corrected chi connectivity index (χ2v) is 11.2. The van der Waals surface area contributed by atoms with Crippen LogP contribution in [0.3, 0.4) is 0 Å². The van der Waals surface area contributed by atoms with Crippen LogP contribution in [0.1, 0.15) is 47.6 Å². The molecule has 6 aromatic rings. The largest absolute Gasteiger partial charge is 0.298 e. The van der Waals surface area contributed by atoms with Gasteiger partial charge in [0.1, 0.15) is 11.5 Å². The number of benzene rings is 2. The Labute approximate surface area is 237 Å². The summed E-state index contributed by atoms with van der Waals surface area (Å²) < 4.78 is 1.84. The van der Waals surface area contributed by atoms with E-state index in [4.69, 9.17) is 20.1 Å². The van der Waals surface area contributed by atoms with E-state index in [-0.39, 0.29) is 0 Å². The molecule has 0 unspecified atom stereocenters. The Hall–Kier alpha value is -4.76. The summed E-state index contributed by atoms with van der Waals surface area (Å²) in [6, 6.07) is 25.1. The molecule has 5 heterocycles. The van der Waals surface area contributed by atoms with E-state index < -0.39 is 0 Å². The fourth-order valence-electron chi connectivity index (χ4n) is 5.54. The quantitative estimate of drug-likeness (QED) is 0.289. The Morgan fingerprint density at radius 2 is 1.63 bits per heavy atom. The van der Waals surface area contributed by atoms with Gasteiger partial charge >= 0.3 is 0 Å². The van der Waals surface area contributed by atoms with E-state index in [0.717, 1.165) is 65.1 Å². The first-order valence-corrected chi connectivity index (χ1v) is 14.2. The fourth-order valence-corrected chi connectivity index (χ4v) is 5.54. The molecule has 1 aliphatic carbocycles. The number of pyridine rings is 1. The third-order valence-corrected chi connectivity index (χ3v) is 7.97. The van der Waals surface area contributed by atoms with Gasteiger partial charge in [-0.15, -0.1) is 5.10 Å². The summed E-state index contributed by atoms with van der Waals surface area (Å²) in [5, 5.41) is 12.3. The zero-order chi connectivity index (χ0) is 27.3. The monoisotopic (exact) mass is 539 g/mol. The molecule has 202 valence electrons. The molecule has 1 N–H and O–H groups in total. The number of aromatic amines is 1. The number of likely N-dealkylation sites (tertiary alicyclic amines) is 1. The first-order valence-electron chi connectivity index (χ1n) is 14.2. The number of fused-ring (bicyclic) bond motifs is 1. The topological polar surface area (TPSA) is 101 Å². The van der Waals surface area contributed by atoms with Gasteiger partial charge in [-0.25, -0.2) is 19.5 Å². The Morgan fingerprint density at radius 3 is 2.41 bits per heavy atom. The first kappa shape index (κ1) is 24.1. The maximum atomic E-state index is 5.00. The molecule has 1 aliphatic heterocycles. The van der Waals surface area contributed by atoms with Crippen LogP contribution in [0.5, 0.6) is 0 Å². The van der Waals surface area contributed by atoms with Gasteiger partial charge in [0.15, 0.2) is 11.6 Å². The minimum atomic E-state index is 0.355. The fraction of sp³-hybridized carbons (Fsp3) is 0.250. The molecule has 0 bridgehead atoms. The summed E-state index contributed by atoms with van der Waals surface area (Å²) in [5.74, 6) is 4.00. The molecular weight excluding hydrogens is 510 g/mol. The zero-order valence-corrected chi connectivity index (χ0v) is 22.8. The maximum Gasteiger partial charge on any atom is 0.253 e. The van der Waals surface area contributed by atoms with Gasteiger partial charge in [0.25, 0.3) is 5.78 Å². The third kappa shape index (κ3) is 4.68. The number of nitrogens with zero attached hydrogens (tertiary/aromatic N) is 8. The van der Waals surface area contributed by atoms with Crippen LogP contribution in [0.15, 0.2) is 79.0 Å². The van der Waals surface area contributed by atoms with Crippen molar-refractivity contribution in [3.63, 3.8) is 0 Å². The van der Waals surface area contributed by atoms with Gasteiger partial charge < -0.3 is 0 Å². The minimum absolute atomic E-state index is 0.355. The van der Waals surface area contributed by atoms with Gasteiger partial charge in [-0.1, -0.05) is 60.7 Å².